The summed E-state index contributed by atoms with van der Waals surface area (Å²) in [5.41, 5.74) is 1.80. The van der Waals surface area contributed by atoms with Crippen LogP contribution in [0.15, 0.2) is 36.5 Å². The van der Waals surface area contributed by atoms with Crippen molar-refractivity contribution in [2.24, 2.45) is 0 Å². The van der Waals surface area contributed by atoms with E-state index in [0.717, 1.165) is 25.1 Å². The molecule has 3 aromatic rings. The number of benzene rings is 1. The zero-order valence-electron chi connectivity index (χ0n) is 14.4. The highest BCUT2D eigenvalue weighted by Gasteiger charge is 2.23. The van der Waals surface area contributed by atoms with Crippen molar-refractivity contribution in [3.8, 4) is 0 Å². The van der Waals surface area contributed by atoms with Gasteiger partial charge in [-0.1, -0.05) is 41.7 Å². The van der Waals surface area contributed by atoms with Crippen LogP contribution in [0.3, 0.4) is 0 Å². The highest BCUT2D eigenvalue weighted by atomic mass is 32.1. The van der Waals surface area contributed by atoms with E-state index in [-0.39, 0.29) is 17.8 Å². The van der Waals surface area contributed by atoms with Gasteiger partial charge < -0.3 is 10.1 Å². The van der Waals surface area contributed by atoms with Crippen molar-refractivity contribution in [1.82, 2.24) is 14.7 Å². The molecule has 0 radical (unpaired) electrons. The predicted octanol–water partition coefficient (Wildman–Crippen LogP) is 2.84. The molecule has 7 heteroatoms. The summed E-state index contributed by atoms with van der Waals surface area (Å²) in [7, 11) is 0. The van der Waals surface area contributed by atoms with E-state index in [1.807, 2.05) is 25.1 Å². The van der Waals surface area contributed by atoms with Gasteiger partial charge in [0, 0.05) is 24.4 Å². The molecular formula is C19H19N3O3S. The summed E-state index contributed by atoms with van der Waals surface area (Å²) >= 11 is 1.29. The van der Waals surface area contributed by atoms with Crippen molar-refractivity contribution in [3.05, 3.63) is 58.4 Å². The molecule has 1 atom stereocenters. The molecule has 1 fully saturated rings. The quantitative estimate of drug-likeness (QED) is 0.702. The standard InChI is InChI=1S/C19H19N3O3S/c1-12-17(18(24)20-10-14-8-5-9-25-14)26-19-21-11-15(22(12)19)16(23)13-6-3-2-4-7-13/h2-4,6-7,11,14H,5,8-10H2,1H3,(H,20,24). The van der Waals surface area contributed by atoms with Crippen molar-refractivity contribution in [2.75, 3.05) is 13.2 Å². The number of hydrogen-bond acceptors (Lipinski definition) is 5. The number of carbonyl (C=O) groups is 2. The molecule has 0 saturated carbocycles. The lowest BCUT2D eigenvalue weighted by molar-refractivity contribution is 0.0860. The largest absolute Gasteiger partial charge is 0.376 e. The van der Waals surface area contributed by atoms with E-state index in [1.165, 1.54) is 11.3 Å². The van der Waals surface area contributed by atoms with Crippen LogP contribution < -0.4 is 5.32 Å². The minimum absolute atomic E-state index is 0.0959. The van der Waals surface area contributed by atoms with Crippen LogP contribution in [0.2, 0.25) is 0 Å². The summed E-state index contributed by atoms with van der Waals surface area (Å²) in [6, 6.07) is 9.08. The van der Waals surface area contributed by atoms with Gasteiger partial charge in [-0.25, -0.2) is 4.98 Å². The molecule has 4 rings (SSSR count). The van der Waals surface area contributed by atoms with Crippen molar-refractivity contribution < 1.29 is 14.3 Å². The minimum Gasteiger partial charge on any atom is -0.376 e. The Morgan fingerprint density at radius 3 is 2.88 bits per heavy atom. The van der Waals surface area contributed by atoms with Crippen molar-refractivity contribution in [2.45, 2.75) is 25.9 Å². The van der Waals surface area contributed by atoms with Gasteiger partial charge in [0.1, 0.15) is 10.6 Å². The number of amides is 1. The maximum Gasteiger partial charge on any atom is 0.263 e. The molecule has 2 aromatic heterocycles. The van der Waals surface area contributed by atoms with Gasteiger partial charge in [0.15, 0.2) is 4.96 Å². The first-order valence-electron chi connectivity index (χ1n) is 8.61. The summed E-state index contributed by atoms with van der Waals surface area (Å²) in [6.45, 7) is 3.11. The molecule has 1 saturated heterocycles. The Hall–Kier alpha value is -2.51. The molecule has 26 heavy (non-hydrogen) atoms. The van der Waals surface area contributed by atoms with E-state index in [9.17, 15) is 9.59 Å². The van der Waals surface area contributed by atoms with Gasteiger partial charge in [-0.05, 0) is 19.8 Å². The molecule has 1 aliphatic rings. The van der Waals surface area contributed by atoms with E-state index in [4.69, 9.17) is 4.74 Å². The molecule has 1 unspecified atom stereocenters. The van der Waals surface area contributed by atoms with Crippen molar-refractivity contribution in [3.63, 3.8) is 0 Å². The number of fused-ring (bicyclic) bond motifs is 1. The lowest BCUT2D eigenvalue weighted by Gasteiger charge is -2.10. The smallest absolute Gasteiger partial charge is 0.263 e. The fraction of sp³-hybridized carbons (Fsp3) is 0.316. The average Bonchev–Trinajstić information content (AvgIpc) is 3.38. The number of imidazole rings is 1. The molecule has 0 bridgehead atoms. The Morgan fingerprint density at radius 2 is 2.15 bits per heavy atom. The summed E-state index contributed by atoms with van der Waals surface area (Å²) in [6.07, 6.45) is 3.68. The van der Waals surface area contributed by atoms with E-state index >= 15 is 0 Å². The molecular weight excluding hydrogens is 350 g/mol. The van der Waals surface area contributed by atoms with Crippen LogP contribution in [-0.4, -0.2) is 40.3 Å². The fourth-order valence-corrected chi connectivity index (χ4v) is 4.22. The maximum absolute atomic E-state index is 12.8. The van der Waals surface area contributed by atoms with Crippen LogP contribution in [-0.2, 0) is 4.74 Å². The number of rotatable bonds is 5. The number of thiazole rings is 1. The molecule has 3 heterocycles. The Morgan fingerprint density at radius 1 is 1.35 bits per heavy atom. The molecule has 0 spiro atoms. The number of aryl methyl sites for hydroxylation is 1. The average molecular weight is 369 g/mol. The SMILES string of the molecule is Cc1c(C(=O)NCC2CCCO2)sc2ncc(C(=O)c3ccccc3)n12. The molecule has 1 N–H and O–H groups in total. The summed E-state index contributed by atoms with van der Waals surface area (Å²) in [4.78, 5) is 30.9. The first-order chi connectivity index (χ1) is 12.6. The monoisotopic (exact) mass is 369 g/mol. The number of aromatic nitrogens is 2. The van der Waals surface area contributed by atoms with Crippen LogP contribution in [0.1, 0.15) is 44.3 Å². The van der Waals surface area contributed by atoms with E-state index < -0.39 is 0 Å². The zero-order valence-corrected chi connectivity index (χ0v) is 15.2. The molecule has 1 aliphatic heterocycles. The Kier molecular flexibility index (Phi) is 4.57. The first kappa shape index (κ1) is 16.9. The third-order valence-electron chi connectivity index (χ3n) is 4.58. The molecule has 1 amide bonds. The third-order valence-corrected chi connectivity index (χ3v) is 5.73. The summed E-state index contributed by atoms with van der Waals surface area (Å²) in [5.74, 6) is -0.253. The topological polar surface area (TPSA) is 72.7 Å². The van der Waals surface area contributed by atoms with Crippen LogP contribution in [0.5, 0.6) is 0 Å². The number of nitrogens with one attached hydrogen (secondary N) is 1. The van der Waals surface area contributed by atoms with E-state index in [2.05, 4.69) is 10.3 Å². The molecule has 6 nitrogen and oxygen atoms in total. The Balaban J connectivity index is 1.60. The van der Waals surface area contributed by atoms with Gasteiger partial charge in [0.25, 0.3) is 5.91 Å². The van der Waals surface area contributed by atoms with Gasteiger partial charge in [-0.2, -0.15) is 0 Å². The Bertz CT molecular complexity index is 955. The molecule has 1 aromatic carbocycles. The van der Waals surface area contributed by atoms with Gasteiger partial charge in [-0.15, -0.1) is 0 Å². The minimum atomic E-state index is -0.147. The molecule has 0 aliphatic carbocycles. The number of ketones is 1. The first-order valence-corrected chi connectivity index (χ1v) is 9.43. The van der Waals surface area contributed by atoms with Crippen LogP contribution in [0.4, 0.5) is 0 Å². The highest BCUT2D eigenvalue weighted by Crippen LogP contribution is 2.25. The van der Waals surface area contributed by atoms with Crippen molar-refractivity contribution in [1.29, 1.82) is 0 Å². The second-order valence-corrected chi connectivity index (χ2v) is 7.30. The number of hydrogen-bond donors (Lipinski definition) is 1. The fourth-order valence-electron chi connectivity index (χ4n) is 3.20. The Labute approximate surface area is 154 Å². The van der Waals surface area contributed by atoms with Gasteiger partial charge in [-0.3, -0.25) is 14.0 Å². The lowest BCUT2D eigenvalue weighted by atomic mass is 10.1. The number of carbonyl (C=O) groups excluding carboxylic acids is 2. The van der Waals surface area contributed by atoms with Gasteiger partial charge >= 0.3 is 0 Å². The van der Waals surface area contributed by atoms with Crippen LogP contribution in [0.25, 0.3) is 4.96 Å². The normalized spacial score (nSPS) is 16.9. The summed E-state index contributed by atoms with van der Waals surface area (Å²) < 4.78 is 7.30. The van der Waals surface area contributed by atoms with Gasteiger partial charge in [0.05, 0.1) is 12.3 Å². The third kappa shape index (κ3) is 3.04. The second kappa shape index (κ2) is 7.01. The number of ether oxygens (including phenoxy) is 1. The maximum atomic E-state index is 12.8. The lowest BCUT2D eigenvalue weighted by Crippen LogP contribution is -2.31. The highest BCUT2D eigenvalue weighted by molar-refractivity contribution is 7.19. The van der Waals surface area contributed by atoms with Gasteiger partial charge in [0.2, 0.25) is 5.78 Å². The molecule has 134 valence electrons. The van der Waals surface area contributed by atoms with Crippen molar-refractivity contribution >= 4 is 28.0 Å². The summed E-state index contributed by atoms with van der Waals surface area (Å²) in [5, 5.41) is 2.93. The number of nitrogens with zero attached hydrogens (tertiary/aromatic N) is 2. The zero-order chi connectivity index (χ0) is 18.1. The second-order valence-electron chi connectivity index (χ2n) is 6.32. The van der Waals surface area contributed by atoms with Crippen LogP contribution in [0, 0.1) is 6.92 Å². The van der Waals surface area contributed by atoms with E-state index in [0.29, 0.717) is 27.6 Å². The predicted molar refractivity (Wildman–Crippen MR) is 99.0 cm³/mol. The van der Waals surface area contributed by atoms with Crippen LogP contribution >= 0.6 is 11.3 Å². The van der Waals surface area contributed by atoms with E-state index in [1.54, 1.807) is 22.7 Å².